The van der Waals surface area contributed by atoms with Gasteiger partial charge < -0.3 is 15.7 Å². The number of oxime groups is 1. The Hall–Kier alpha value is -2.56. The van der Waals surface area contributed by atoms with Crippen LogP contribution in [0.25, 0.3) is 0 Å². The highest BCUT2D eigenvalue weighted by Gasteiger charge is 2.07. The first-order chi connectivity index (χ1) is 10.0. The van der Waals surface area contributed by atoms with Crippen LogP contribution in [-0.4, -0.2) is 16.0 Å². The van der Waals surface area contributed by atoms with E-state index in [0.717, 1.165) is 11.3 Å². The normalized spacial score (nSPS) is 11.7. The van der Waals surface area contributed by atoms with Crippen molar-refractivity contribution in [3.8, 4) is 11.6 Å². The van der Waals surface area contributed by atoms with Crippen LogP contribution >= 0.6 is 0 Å². The van der Waals surface area contributed by atoms with Crippen LogP contribution in [0.4, 0.5) is 0 Å². The minimum Gasteiger partial charge on any atom is -0.439 e. The summed E-state index contributed by atoms with van der Waals surface area (Å²) in [6.45, 7) is 6.27. The molecule has 5 heteroatoms. The Morgan fingerprint density at radius 2 is 2.05 bits per heavy atom. The summed E-state index contributed by atoms with van der Waals surface area (Å²) >= 11 is 0. The largest absolute Gasteiger partial charge is 0.439 e. The third-order valence-electron chi connectivity index (χ3n) is 3.23. The minimum absolute atomic E-state index is 0.0204. The molecule has 0 spiro atoms. The first-order valence-corrected chi connectivity index (χ1v) is 6.73. The molecule has 0 fully saturated rings. The quantitative estimate of drug-likeness (QED) is 0.390. The van der Waals surface area contributed by atoms with Crippen LogP contribution < -0.4 is 10.5 Å². The van der Waals surface area contributed by atoms with Crippen molar-refractivity contribution in [3.05, 3.63) is 53.2 Å². The van der Waals surface area contributed by atoms with E-state index in [9.17, 15) is 0 Å². The van der Waals surface area contributed by atoms with Crippen LogP contribution in [0.3, 0.4) is 0 Å². The van der Waals surface area contributed by atoms with Gasteiger partial charge in [-0.25, -0.2) is 4.98 Å². The molecular weight excluding hydrogens is 266 g/mol. The molecule has 1 aromatic carbocycles. The summed E-state index contributed by atoms with van der Waals surface area (Å²) in [6.07, 6.45) is 1.51. The number of aryl methyl sites for hydroxylation is 1. The molecule has 2 aromatic rings. The van der Waals surface area contributed by atoms with Crippen molar-refractivity contribution in [2.75, 3.05) is 0 Å². The maximum absolute atomic E-state index is 8.62. The van der Waals surface area contributed by atoms with E-state index in [1.165, 1.54) is 11.8 Å². The number of benzene rings is 1. The third-order valence-corrected chi connectivity index (χ3v) is 3.23. The average molecular weight is 285 g/mol. The molecule has 0 saturated carbocycles. The summed E-state index contributed by atoms with van der Waals surface area (Å²) in [5.74, 6) is 1.70. The van der Waals surface area contributed by atoms with Crippen molar-refractivity contribution in [2.24, 2.45) is 10.9 Å². The SMILES string of the molecule is Cc1ccc(C(C)C)cc1Oc1ccc(/C(N)=N/O)cn1. The molecule has 5 nitrogen and oxygen atoms in total. The summed E-state index contributed by atoms with van der Waals surface area (Å²) in [5.41, 5.74) is 8.29. The molecule has 0 radical (unpaired) electrons. The van der Waals surface area contributed by atoms with Crippen LogP contribution in [0.15, 0.2) is 41.7 Å². The van der Waals surface area contributed by atoms with Gasteiger partial charge in [-0.05, 0) is 36.1 Å². The van der Waals surface area contributed by atoms with Gasteiger partial charge in [0, 0.05) is 17.8 Å². The molecule has 1 aromatic heterocycles. The molecule has 0 amide bonds. The van der Waals surface area contributed by atoms with Crippen LogP contribution in [0.2, 0.25) is 0 Å². The van der Waals surface area contributed by atoms with E-state index in [1.54, 1.807) is 12.1 Å². The molecule has 2 rings (SSSR count). The second-order valence-corrected chi connectivity index (χ2v) is 5.15. The van der Waals surface area contributed by atoms with Gasteiger partial charge >= 0.3 is 0 Å². The number of ether oxygens (including phenoxy) is 1. The Morgan fingerprint density at radius 1 is 1.29 bits per heavy atom. The van der Waals surface area contributed by atoms with Crippen LogP contribution in [0, 0.1) is 6.92 Å². The fourth-order valence-electron chi connectivity index (χ4n) is 1.85. The highest BCUT2D eigenvalue weighted by atomic mass is 16.5. The van der Waals surface area contributed by atoms with Crippen LogP contribution in [0.1, 0.15) is 36.5 Å². The Bertz CT molecular complexity index is 649. The number of nitrogens with two attached hydrogens (primary N) is 1. The fourth-order valence-corrected chi connectivity index (χ4v) is 1.85. The lowest BCUT2D eigenvalue weighted by Gasteiger charge is -2.12. The molecule has 3 N–H and O–H groups in total. The zero-order valence-electron chi connectivity index (χ0n) is 12.4. The van der Waals surface area contributed by atoms with Crippen LogP contribution in [-0.2, 0) is 0 Å². The number of nitrogens with zero attached hydrogens (tertiary/aromatic N) is 2. The molecule has 0 aliphatic rings. The summed E-state index contributed by atoms with van der Waals surface area (Å²) in [5, 5.41) is 11.5. The first kappa shape index (κ1) is 14.8. The molecule has 21 heavy (non-hydrogen) atoms. The Morgan fingerprint density at radius 3 is 2.62 bits per heavy atom. The lowest BCUT2D eigenvalue weighted by atomic mass is 10.0. The molecule has 0 bridgehead atoms. The maximum Gasteiger partial charge on any atom is 0.219 e. The highest BCUT2D eigenvalue weighted by molar-refractivity contribution is 5.96. The van der Waals surface area contributed by atoms with Crippen molar-refractivity contribution in [1.82, 2.24) is 4.98 Å². The Kier molecular flexibility index (Phi) is 4.42. The van der Waals surface area contributed by atoms with Crippen LogP contribution in [0.5, 0.6) is 11.6 Å². The van der Waals surface area contributed by atoms with Gasteiger partial charge in [0.15, 0.2) is 5.84 Å². The standard InChI is InChI=1S/C16H19N3O2/c1-10(2)12-5-4-11(3)14(8-12)21-15-7-6-13(9-18-15)16(17)19-20/h4-10,20H,1-3H3,(H2,17,19). The predicted molar refractivity (Wildman–Crippen MR) is 82.1 cm³/mol. The van der Waals surface area contributed by atoms with Gasteiger partial charge in [0.2, 0.25) is 5.88 Å². The zero-order chi connectivity index (χ0) is 15.4. The summed E-state index contributed by atoms with van der Waals surface area (Å²) in [4.78, 5) is 4.16. The fraction of sp³-hybridized carbons (Fsp3) is 0.250. The lowest BCUT2D eigenvalue weighted by molar-refractivity contribution is 0.318. The van der Waals surface area contributed by atoms with E-state index in [2.05, 4.69) is 30.1 Å². The second-order valence-electron chi connectivity index (χ2n) is 5.15. The Balaban J connectivity index is 2.24. The highest BCUT2D eigenvalue weighted by Crippen LogP contribution is 2.27. The van der Waals surface area contributed by atoms with Crippen molar-refractivity contribution >= 4 is 5.84 Å². The molecule has 0 unspecified atom stereocenters. The van der Waals surface area contributed by atoms with Crippen molar-refractivity contribution < 1.29 is 9.94 Å². The molecular formula is C16H19N3O2. The lowest BCUT2D eigenvalue weighted by Crippen LogP contribution is -2.13. The second kappa shape index (κ2) is 6.26. The summed E-state index contributed by atoms with van der Waals surface area (Å²) < 4.78 is 5.81. The van der Waals surface area contributed by atoms with Gasteiger partial charge in [0.05, 0.1) is 0 Å². The predicted octanol–water partition coefficient (Wildman–Crippen LogP) is 3.40. The zero-order valence-corrected chi connectivity index (χ0v) is 12.4. The van der Waals surface area contributed by atoms with Gasteiger partial charge in [-0.3, -0.25) is 0 Å². The smallest absolute Gasteiger partial charge is 0.219 e. The molecule has 0 atom stereocenters. The van der Waals surface area contributed by atoms with Gasteiger partial charge in [-0.15, -0.1) is 0 Å². The van der Waals surface area contributed by atoms with E-state index in [1.807, 2.05) is 19.1 Å². The van der Waals surface area contributed by atoms with E-state index in [-0.39, 0.29) is 5.84 Å². The van der Waals surface area contributed by atoms with E-state index in [0.29, 0.717) is 17.4 Å². The molecule has 0 aliphatic heterocycles. The van der Waals surface area contributed by atoms with Gasteiger partial charge in [0.1, 0.15) is 5.75 Å². The van der Waals surface area contributed by atoms with E-state index < -0.39 is 0 Å². The van der Waals surface area contributed by atoms with Gasteiger partial charge in [0.25, 0.3) is 0 Å². The summed E-state index contributed by atoms with van der Waals surface area (Å²) in [6, 6.07) is 9.55. The van der Waals surface area contributed by atoms with E-state index in [4.69, 9.17) is 15.7 Å². The number of hydrogen-bond donors (Lipinski definition) is 2. The van der Waals surface area contributed by atoms with Crippen molar-refractivity contribution in [1.29, 1.82) is 0 Å². The maximum atomic E-state index is 8.62. The first-order valence-electron chi connectivity index (χ1n) is 6.73. The number of amidine groups is 1. The number of aromatic nitrogens is 1. The molecule has 0 aliphatic carbocycles. The average Bonchev–Trinajstić information content (AvgIpc) is 2.49. The number of rotatable bonds is 4. The number of hydrogen-bond acceptors (Lipinski definition) is 4. The molecule has 0 saturated heterocycles. The topological polar surface area (TPSA) is 80.7 Å². The van der Waals surface area contributed by atoms with E-state index >= 15 is 0 Å². The van der Waals surface area contributed by atoms with Crippen molar-refractivity contribution in [2.45, 2.75) is 26.7 Å². The minimum atomic E-state index is 0.0204. The van der Waals surface area contributed by atoms with Gasteiger partial charge in [-0.2, -0.15) is 0 Å². The van der Waals surface area contributed by atoms with Crippen molar-refractivity contribution in [3.63, 3.8) is 0 Å². The monoisotopic (exact) mass is 285 g/mol. The Labute approximate surface area is 124 Å². The molecule has 1 heterocycles. The number of pyridine rings is 1. The summed E-state index contributed by atoms with van der Waals surface area (Å²) in [7, 11) is 0. The third kappa shape index (κ3) is 3.51. The van der Waals surface area contributed by atoms with Gasteiger partial charge in [-0.1, -0.05) is 31.1 Å². The molecule has 110 valence electrons.